The maximum Gasteiger partial charge on any atom is 0.325 e. The number of rotatable bonds is 5. The van der Waals surface area contributed by atoms with Gasteiger partial charge in [-0.3, -0.25) is 9.69 Å². The Hall–Kier alpha value is -2.38. The molecule has 3 heterocycles. The first-order chi connectivity index (χ1) is 12.1. The van der Waals surface area contributed by atoms with Crippen molar-refractivity contribution in [3.63, 3.8) is 0 Å². The Morgan fingerprint density at radius 3 is 2.44 bits per heavy atom. The number of piperazine rings is 1. The van der Waals surface area contributed by atoms with Crippen LogP contribution in [-0.2, 0) is 4.79 Å². The molecular formula is C17H19ClN4O3. The van der Waals surface area contributed by atoms with Crippen LogP contribution in [0.5, 0.6) is 5.88 Å². The molecule has 1 atom stereocenters. The number of pyridine rings is 2. The van der Waals surface area contributed by atoms with E-state index >= 15 is 0 Å². The van der Waals surface area contributed by atoms with Crippen molar-refractivity contribution >= 4 is 23.4 Å². The smallest absolute Gasteiger partial charge is 0.325 e. The Labute approximate surface area is 150 Å². The fourth-order valence-electron chi connectivity index (χ4n) is 2.95. The van der Waals surface area contributed by atoms with E-state index in [1.807, 2.05) is 11.0 Å². The summed E-state index contributed by atoms with van der Waals surface area (Å²) in [5, 5.41) is 10.3. The monoisotopic (exact) mass is 362 g/mol. The molecule has 0 spiro atoms. The molecule has 0 bridgehead atoms. The van der Waals surface area contributed by atoms with Crippen molar-refractivity contribution in [3.05, 3.63) is 47.2 Å². The molecule has 1 aliphatic heterocycles. The maximum atomic E-state index is 11.8. The lowest BCUT2D eigenvalue weighted by Gasteiger charge is -2.38. The minimum absolute atomic E-state index is 0.464. The van der Waals surface area contributed by atoms with Crippen LogP contribution in [0.1, 0.15) is 11.6 Å². The number of aromatic nitrogens is 2. The molecule has 1 aliphatic rings. The second-order valence-corrected chi connectivity index (χ2v) is 6.17. The Morgan fingerprint density at radius 1 is 1.16 bits per heavy atom. The SMILES string of the molecule is COc1ccc(C(C(=O)O)N2CCN(c3ccc(Cl)cn3)CC2)cn1. The molecule has 1 fully saturated rings. The molecule has 0 aromatic carbocycles. The van der Waals surface area contributed by atoms with Crippen molar-refractivity contribution in [2.24, 2.45) is 0 Å². The molecule has 1 N–H and O–H groups in total. The summed E-state index contributed by atoms with van der Waals surface area (Å²) >= 11 is 5.87. The standard InChI is InChI=1S/C17H19ClN4O3/c1-25-15-5-2-12(10-20-15)16(17(23)24)22-8-6-21(7-9-22)14-4-3-13(18)11-19-14/h2-5,10-11,16H,6-9H2,1H3,(H,23,24). The van der Waals surface area contributed by atoms with Crippen LogP contribution in [0.3, 0.4) is 0 Å². The zero-order valence-electron chi connectivity index (χ0n) is 13.8. The number of halogens is 1. The predicted octanol–water partition coefficient (Wildman–Crippen LogP) is 2.09. The number of anilines is 1. The molecule has 132 valence electrons. The Morgan fingerprint density at radius 2 is 1.92 bits per heavy atom. The number of carboxylic acids is 1. The largest absolute Gasteiger partial charge is 0.481 e. The third-order valence-electron chi connectivity index (χ3n) is 4.23. The number of aliphatic carboxylic acids is 1. The number of carboxylic acid groups (broad SMARTS) is 1. The minimum Gasteiger partial charge on any atom is -0.481 e. The van der Waals surface area contributed by atoms with Gasteiger partial charge >= 0.3 is 5.97 Å². The van der Waals surface area contributed by atoms with E-state index in [0.717, 1.165) is 5.82 Å². The lowest BCUT2D eigenvalue weighted by molar-refractivity contribution is -0.143. The van der Waals surface area contributed by atoms with Crippen LogP contribution < -0.4 is 9.64 Å². The highest BCUT2D eigenvalue weighted by Crippen LogP contribution is 2.25. The van der Waals surface area contributed by atoms with Crippen LogP contribution in [0, 0.1) is 0 Å². The number of nitrogens with zero attached hydrogens (tertiary/aromatic N) is 4. The third-order valence-corrected chi connectivity index (χ3v) is 4.46. The number of hydrogen-bond acceptors (Lipinski definition) is 6. The van der Waals surface area contributed by atoms with Crippen LogP contribution in [0.4, 0.5) is 5.82 Å². The number of methoxy groups -OCH3 is 1. The van der Waals surface area contributed by atoms with Gasteiger partial charge in [-0.1, -0.05) is 11.6 Å². The average Bonchev–Trinajstić information content (AvgIpc) is 2.63. The van der Waals surface area contributed by atoms with E-state index in [0.29, 0.717) is 42.6 Å². The van der Waals surface area contributed by atoms with Gasteiger partial charge in [-0.15, -0.1) is 0 Å². The quantitative estimate of drug-likeness (QED) is 0.872. The number of ether oxygens (including phenoxy) is 1. The first-order valence-corrected chi connectivity index (χ1v) is 8.29. The molecular weight excluding hydrogens is 344 g/mol. The summed E-state index contributed by atoms with van der Waals surface area (Å²) in [6.07, 6.45) is 3.18. The minimum atomic E-state index is -0.884. The Kier molecular flexibility index (Phi) is 5.35. The highest BCUT2D eigenvalue weighted by molar-refractivity contribution is 6.30. The van der Waals surface area contributed by atoms with E-state index in [1.165, 1.54) is 7.11 Å². The zero-order chi connectivity index (χ0) is 17.8. The van der Waals surface area contributed by atoms with E-state index < -0.39 is 12.0 Å². The molecule has 25 heavy (non-hydrogen) atoms. The van der Waals surface area contributed by atoms with E-state index in [2.05, 4.69) is 14.9 Å². The van der Waals surface area contributed by atoms with Gasteiger partial charge in [-0.05, 0) is 23.8 Å². The van der Waals surface area contributed by atoms with Gasteiger partial charge in [0.25, 0.3) is 0 Å². The van der Waals surface area contributed by atoms with Gasteiger partial charge in [0.2, 0.25) is 5.88 Å². The highest BCUT2D eigenvalue weighted by atomic mass is 35.5. The van der Waals surface area contributed by atoms with E-state index in [1.54, 1.807) is 30.6 Å². The average molecular weight is 363 g/mol. The third kappa shape index (κ3) is 4.00. The Balaban J connectivity index is 1.70. The first-order valence-electron chi connectivity index (χ1n) is 7.92. The molecule has 3 rings (SSSR count). The summed E-state index contributed by atoms with van der Waals surface area (Å²) in [5.41, 5.74) is 0.645. The van der Waals surface area contributed by atoms with Crippen LogP contribution in [-0.4, -0.2) is 59.2 Å². The summed E-state index contributed by atoms with van der Waals surface area (Å²) in [4.78, 5) is 24.3. The van der Waals surface area contributed by atoms with Gasteiger partial charge in [0.05, 0.1) is 12.1 Å². The van der Waals surface area contributed by atoms with Gasteiger partial charge < -0.3 is 14.7 Å². The number of carbonyl (C=O) groups is 1. The van der Waals surface area contributed by atoms with Gasteiger partial charge in [0.15, 0.2) is 0 Å². The molecule has 1 unspecified atom stereocenters. The van der Waals surface area contributed by atoms with Crippen LogP contribution in [0.2, 0.25) is 5.02 Å². The van der Waals surface area contributed by atoms with Crippen molar-refractivity contribution in [2.75, 3.05) is 38.2 Å². The molecule has 1 saturated heterocycles. The molecule has 2 aromatic heterocycles. The fourth-order valence-corrected chi connectivity index (χ4v) is 3.06. The lowest BCUT2D eigenvalue weighted by atomic mass is 10.1. The summed E-state index contributed by atoms with van der Waals surface area (Å²) in [5.74, 6) is 0.429. The summed E-state index contributed by atoms with van der Waals surface area (Å²) in [7, 11) is 1.53. The van der Waals surface area contributed by atoms with Gasteiger partial charge in [-0.2, -0.15) is 0 Å². The zero-order valence-corrected chi connectivity index (χ0v) is 14.6. The van der Waals surface area contributed by atoms with Crippen LogP contribution in [0.15, 0.2) is 36.7 Å². The fraction of sp³-hybridized carbons (Fsp3) is 0.353. The predicted molar refractivity (Wildman–Crippen MR) is 94.2 cm³/mol. The van der Waals surface area contributed by atoms with Crippen LogP contribution >= 0.6 is 11.6 Å². The summed E-state index contributed by atoms with van der Waals surface area (Å²) in [6.45, 7) is 2.63. The van der Waals surface area contributed by atoms with E-state index in [-0.39, 0.29) is 0 Å². The number of hydrogen-bond donors (Lipinski definition) is 1. The normalized spacial score (nSPS) is 16.5. The topological polar surface area (TPSA) is 78.8 Å². The summed E-state index contributed by atoms with van der Waals surface area (Å²) in [6, 6.07) is 6.38. The van der Waals surface area contributed by atoms with Crippen molar-refractivity contribution in [2.45, 2.75) is 6.04 Å². The molecule has 8 heteroatoms. The maximum absolute atomic E-state index is 11.8. The van der Waals surface area contributed by atoms with Gasteiger partial charge in [0.1, 0.15) is 11.9 Å². The second kappa shape index (κ2) is 7.67. The van der Waals surface area contributed by atoms with Crippen molar-refractivity contribution in [1.29, 1.82) is 0 Å². The van der Waals surface area contributed by atoms with Crippen molar-refractivity contribution in [3.8, 4) is 5.88 Å². The molecule has 0 saturated carbocycles. The van der Waals surface area contributed by atoms with E-state index in [9.17, 15) is 9.90 Å². The van der Waals surface area contributed by atoms with Gasteiger partial charge in [0, 0.05) is 44.6 Å². The second-order valence-electron chi connectivity index (χ2n) is 5.73. The highest BCUT2D eigenvalue weighted by Gasteiger charge is 2.30. The van der Waals surface area contributed by atoms with Crippen LogP contribution in [0.25, 0.3) is 0 Å². The molecule has 7 nitrogen and oxygen atoms in total. The van der Waals surface area contributed by atoms with Crippen molar-refractivity contribution < 1.29 is 14.6 Å². The summed E-state index contributed by atoms with van der Waals surface area (Å²) < 4.78 is 5.03. The molecule has 0 aliphatic carbocycles. The molecule has 2 aromatic rings. The van der Waals surface area contributed by atoms with Crippen molar-refractivity contribution in [1.82, 2.24) is 14.9 Å². The van der Waals surface area contributed by atoms with Gasteiger partial charge in [-0.25, -0.2) is 9.97 Å². The molecule has 0 amide bonds. The Bertz CT molecular complexity index is 716. The van der Waals surface area contributed by atoms with E-state index in [4.69, 9.17) is 16.3 Å². The lowest BCUT2D eigenvalue weighted by Crippen LogP contribution is -2.49. The molecule has 0 radical (unpaired) electrons. The first kappa shape index (κ1) is 17.4.